The van der Waals surface area contributed by atoms with Crippen molar-refractivity contribution in [1.82, 2.24) is 10.2 Å². The maximum atomic E-state index is 12.8. The molecule has 1 aromatic rings. The maximum Gasteiger partial charge on any atom is 0.236 e. The second-order valence-electron chi connectivity index (χ2n) is 4.89. The number of rotatable bonds is 5. The lowest BCUT2D eigenvalue weighted by molar-refractivity contribution is -0.129. The van der Waals surface area contributed by atoms with Crippen LogP contribution in [0.5, 0.6) is 0 Å². The van der Waals surface area contributed by atoms with Crippen LogP contribution in [0.4, 0.5) is 4.39 Å². The van der Waals surface area contributed by atoms with E-state index in [2.05, 4.69) is 5.32 Å². The van der Waals surface area contributed by atoms with E-state index in [9.17, 15) is 9.18 Å². The average Bonchev–Trinajstić information content (AvgIpc) is 3.19. The molecular formula is C14H19FN2O. The van der Waals surface area contributed by atoms with Gasteiger partial charge in [-0.2, -0.15) is 0 Å². The zero-order valence-electron chi connectivity index (χ0n) is 10.8. The average molecular weight is 250 g/mol. The topological polar surface area (TPSA) is 32.3 Å². The van der Waals surface area contributed by atoms with Crippen molar-refractivity contribution in [2.75, 3.05) is 13.6 Å². The third-order valence-corrected chi connectivity index (χ3v) is 3.42. The summed E-state index contributed by atoms with van der Waals surface area (Å²) in [4.78, 5) is 13.6. The van der Waals surface area contributed by atoms with Crippen LogP contribution in [-0.2, 0) is 4.79 Å². The molecule has 1 amide bonds. The van der Waals surface area contributed by atoms with E-state index in [1.54, 1.807) is 12.1 Å². The van der Waals surface area contributed by atoms with Crippen molar-refractivity contribution >= 4 is 5.91 Å². The Labute approximate surface area is 107 Å². The van der Waals surface area contributed by atoms with Gasteiger partial charge in [0.25, 0.3) is 0 Å². The van der Waals surface area contributed by atoms with Gasteiger partial charge >= 0.3 is 0 Å². The summed E-state index contributed by atoms with van der Waals surface area (Å²) in [6, 6.07) is 6.84. The number of benzene rings is 1. The molecule has 2 rings (SSSR count). The number of carbonyl (C=O) groups excluding carboxylic acids is 1. The number of hydrogen-bond donors (Lipinski definition) is 1. The molecule has 1 atom stereocenters. The first-order chi connectivity index (χ1) is 8.58. The summed E-state index contributed by atoms with van der Waals surface area (Å²) in [6.07, 6.45) is 2.24. The van der Waals surface area contributed by atoms with Crippen LogP contribution in [0, 0.1) is 5.82 Å². The molecule has 4 heteroatoms. The van der Waals surface area contributed by atoms with E-state index in [0.717, 1.165) is 18.4 Å². The fraction of sp³-hybridized carbons (Fsp3) is 0.500. The van der Waals surface area contributed by atoms with E-state index in [-0.39, 0.29) is 17.8 Å². The Morgan fingerprint density at radius 1 is 1.44 bits per heavy atom. The van der Waals surface area contributed by atoms with E-state index in [0.29, 0.717) is 12.6 Å². The summed E-state index contributed by atoms with van der Waals surface area (Å²) in [6.45, 7) is 2.29. The Bertz CT molecular complexity index is 414. The molecule has 0 radical (unpaired) electrons. The molecule has 1 aliphatic carbocycles. The third kappa shape index (κ3) is 3.29. The smallest absolute Gasteiger partial charge is 0.236 e. The molecule has 1 unspecified atom stereocenters. The highest BCUT2D eigenvalue weighted by atomic mass is 19.1. The van der Waals surface area contributed by atoms with Crippen molar-refractivity contribution < 1.29 is 9.18 Å². The van der Waals surface area contributed by atoms with Crippen LogP contribution in [0.3, 0.4) is 0 Å². The second kappa shape index (κ2) is 5.48. The van der Waals surface area contributed by atoms with Gasteiger partial charge in [0.15, 0.2) is 0 Å². The number of likely N-dealkylation sites (N-methyl/N-ethyl adjacent to an activating group) is 1. The van der Waals surface area contributed by atoms with E-state index < -0.39 is 0 Å². The van der Waals surface area contributed by atoms with Gasteiger partial charge in [-0.15, -0.1) is 0 Å². The molecule has 18 heavy (non-hydrogen) atoms. The molecule has 1 aliphatic rings. The van der Waals surface area contributed by atoms with Crippen LogP contribution < -0.4 is 5.32 Å². The van der Waals surface area contributed by atoms with Gasteiger partial charge in [-0.05, 0) is 37.5 Å². The third-order valence-electron chi connectivity index (χ3n) is 3.42. The van der Waals surface area contributed by atoms with Crippen LogP contribution in [0.25, 0.3) is 0 Å². The van der Waals surface area contributed by atoms with E-state index >= 15 is 0 Å². The van der Waals surface area contributed by atoms with Crippen LogP contribution in [0.2, 0.25) is 0 Å². The van der Waals surface area contributed by atoms with E-state index in [4.69, 9.17) is 0 Å². The standard InChI is InChI=1S/C14H19FN2O/c1-10(11-3-5-12(15)6-4-11)16-9-14(18)17(2)13-7-8-13/h3-6,10,13,16H,7-9H2,1-2H3. The van der Waals surface area contributed by atoms with Gasteiger partial charge in [0.1, 0.15) is 5.82 Å². The lowest BCUT2D eigenvalue weighted by Gasteiger charge is -2.19. The fourth-order valence-corrected chi connectivity index (χ4v) is 1.90. The Kier molecular flexibility index (Phi) is 3.97. The Morgan fingerprint density at radius 3 is 2.61 bits per heavy atom. The minimum absolute atomic E-state index is 0.0437. The highest BCUT2D eigenvalue weighted by molar-refractivity contribution is 5.78. The molecular weight excluding hydrogens is 231 g/mol. The minimum Gasteiger partial charge on any atom is -0.342 e. The number of nitrogens with zero attached hydrogens (tertiary/aromatic N) is 1. The van der Waals surface area contributed by atoms with Crippen molar-refractivity contribution in [3.05, 3.63) is 35.6 Å². The summed E-state index contributed by atoms with van der Waals surface area (Å²) in [5.74, 6) is -0.123. The number of hydrogen-bond acceptors (Lipinski definition) is 2. The summed E-state index contributed by atoms with van der Waals surface area (Å²) in [5.41, 5.74) is 0.985. The molecule has 98 valence electrons. The molecule has 0 spiro atoms. The van der Waals surface area contributed by atoms with Crippen molar-refractivity contribution in [3.63, 3.8) is 0 Å². The number of carbonyl (C=O) groups is 1. The predicted octanol–water partition coefficient (Wildman–Crippen LogP) is 2.10. The molecule has 0 saturated heterocycles. The Balaban J connectivity index is 1.82. The Hall–Kier alpha value is -1.42. The summed E-state index contributed by atoms with van der Waals surface area (Å²) < 4.78 is 12.8. The predicted molar refractivity (Wildman–Crippen MR) is 68.6 cm³/mol. The monoisotopic (exact) mass is 250 g/mol. The summed E-state index contributed by atoms with van der Waals surface area (Å²) >= 11 is 0. The molecule has 1 saturated carbocycles. The fourth-order valence-electron chi connectivity index (χ4n) is 1.90. The largest absolute Gasteiger partial charge is 0.342 e. The van der Waals surface area contributed by atoms with Crippen LogP contribution in [-0.4, -0.2) is 30.4 Å². The normalized spacial score (nSPS) is 16.4. The van der Waals surface area contributed by atoms with Gasteiger partial charge in [-0.25, -0.2) is 4.39 Å². The lowest BCUT2D eigenvalue weighted by atomic mass is 10.1. The lowest BCUT2D eigenvalue weighted by Crippen LogP contribution is -2.37. The highest BCUT2D eigenvalue weighted by Gasteiger charge is 2.29. The maximum absolute atomic E-state index is 12.8. The molecule has 0 aromatic heterocycles. The van der Waals surface area contributed by atoms with Gasteiger partial charge in [-0.1, -0.05) is 12.1 Å². The highest BCUT2D eigenvalue weighted by Crippen LogP contribution is 2.25. The number of amides is 1. The summed E-state index contributed by atoms with van der Waals surface area (Å²) in [5, 5.41) is 3.17. The van der Waals surface area contributed by atoms with Gasteiger partial charge in [-0.3, -0.25) is 4.79 Å². The van der Waals surface area contributed by atoms with Gasteiger partial charge in [0.05, 0.1) is 6.54 Å². The quantitative estimate of drug-likeness (QED) is 0.868. The number of halogens is 1. The molecule has 0 aliphatic heterocycles. The van der Waals surface area contributed by atoms with Crippen LogP contribution >= 0.6 is 0 Å². The minimum atomic E-state index is -0.240. The molecule has 1 N–H and O–H groups in total. The molecule has 1 aromatic carbocycles. The molecule has 1 fully saturated rings. The van der Waals surface area contributed by atoms with Crippen molar-refractivity contribution in [2.24, 2.45) is 0 Å². The van der Waals surface area contributed by atoms with Crippen LogP contribution in [0.1, 0.15) is 31.4 Å². The van der Waals surface area contributed by atoms with Gasteiger partial charge in [0, 0.05) is 19.1 Å². The SMILES string of the molecule is CC(NCC(=O)N(C)C1CC1)c1ccc(F)cc1. The van der Waals surface area contributed by atoms with Crippen LogP contribution in [0.15, 0.2) is 24.3 Å². The van der Waals surface area contributed by atoms with E-state index in [1.807, 2.05) is 18.9 Å². The first-order valence-electron chi connectivity index (χ1n) is 6.32. The summed E-state index contributed by atoms with van der Waals surface area (Å²) in [7, 11) is 1.85. The van der Waals surface area contributed by atoms with Crippen molar-refractivity contribution in [1.29, 1.82) is 0 Å². The van der Waals surface area contributed by atoms with Gasteiger partial charge < -0.3 is 10.2 Å². The first kappa shape index (κ1) is 13.0. The van der Waals surface area contributed by atoms with Crippen molar-refractivity contribution in [2.45, 2.75) is 31.8 Å². The molecule has 3 nitrogen and oxygen atoms in total. The molecule has 0 heterocycles. The van der Waals surface area contributed by atoms with Gasteiger partial charge in [0.2, 0.25) is 5.91 Å². The molecule has 0 bridgehead atoms. The zero-order valence-corrected chi connectivity index (χ0v) is 10.8. The second-order valence-corrected chi connectivity index (χ2v) is 4.89. The van der Waals surface area contributed by atoms with E-state index in [1.165, 1.54) is 12.1 Å². The zero-order chi connectivity index (χ0) is 13.1. The number of nitrogens with one attached hydrogen (secondary N) is 1. The van der Waals surface area contributed by atoms with Crippen molar-refractivity contribution in [3.8, 4) is 0 Å². The Morgan fingerprint density at radius 2 is 2.06 bits per heavy atom. The first-order valence-corrected chi connectivity index (χ1v) is 6.32.